The predicted molar refractivity (Wildman–Crippen MR) is 68.7 cm³/mol. The number of aryl methyl sites for hydroxylation is 1. The Kier molecular flexibility index (Phi) is 3.28. The molecular formula is C12H9F3N4OS. The normalized spacial score (nSPS) is 12.0. The molecule has 0 saturated carbocycles. The summed E-state index contributed by atoms with van der Waals surface area (Å²) < 4.78 is 44.4. The topological polar surface area (TPSA) is 56.7 Å². The molecule has 3 rings (SSSR count). The van der Waals surface area contributed by atoms with Gasteiger partial charge in [-0.25, -0.2) is 0 Å². The number of aromatic nitrogens is 4. The van der Waals surface area contributed by atoms with E-state index in [0.29, 0.717) is 11.6 Å². The highest BCUT2D eigenvalue weighted by atomic mass is 32.1. The summed E-state index contributed by atoms with van der Waals surface area (Å²) in [6.07, 6.45) is -4.47. The fourth-order valence-corrected chi connectivity index (χ4v) is 2.40. The molecule has 0 unspecified atom stereocenters. The molecule has 9 heteroatoms. The molecule has 0 aliphatic carbocycles. The van der Waals surface area contributed by atoms with E-state index in [1.165, 1.54) is 16.0 Å². The van der Waals surface area contributed by atoms with Gasteiger partial charge in [0.15, 0.2) is 5.69 Å². The van der Waals surface area contributed by atoms with Crippen LogP contribution in [0.1, 0.15) is 17.3 Å². The minimum absolute atomic E-state index is 0.000286. The van der Waals surface area contributed by atoms with Gasteiger partial charge in [-0.3, -0.25) is 4.68 Å². The van der Waals surface area contributed by atoms with Crippen LogP contribution in [0.15, 0.2) is 28.0 Å². The lowest BCUT2D eigenvalue weighted by molar-refractivity contribution is -0.141. The first-order valence-corrected chi connectivity index (χ1v) is 6.79. The van der Waals surface area contributed by atoms with Gasteiger partial charge in [-0.2, -0.15) is 18.3 Å². The average molecular weight is 314 g/mol. The quantitative estimate of drug-likeness (QED) is 0.744. The van der Waals surface area contributed by atoms with E-state index in [1.807, 2.05) is 17.5 Å². The van der Waals surface area contributed by atoms with Crippen molar-refractivity contribution in [2.75, 3.05) is 0 Å². The van der Waals surface area contributed by atoms with Crippen molar-refractivity contribution in [1.82, 2.24) is 20.0 Å². The lowest BCUT2D eigenvalue weighted by Gasteiger charge is -2.01. The third kappa shape index (κ3) is 2.82. The molecule has 0 spiro atoms. The van der Waals surface area contributed by atoms with E-state index >= 15 is 0 Å². The number of alkyl halides is 3. The lowest BCUT2D eigenvalue weighted by Crippen LogP contribution is -2.09. The van der Waals surface area contributed by atoms with Gasteiger partial charge in [0.05, 0.1) is 4.88 Å². The second kappa shape index (κ2) is 4.99. The number of rotatable bonds is 3. The van der Waals surface area contributed by atoms with Gasteiger partial charge < -0.3 is 4.42 Å². The maximum atomic E-state index is 12.6. The van der Waals surface area contributed by atoms with E-state index < -0.39 is 11.9 Å². The number of halogens is 3. The van der Waals surface area contributed by atoms with Gasteiger partial charge in [0, 0.05) is 5.69 Å². The number of hydrogen-bond acceptors (Lipinski definition) is 5. The average Bonchev–Trinajstić information content (AvgIpc) is 3.10. The lowest BCUT2D eigenvalue weighted by atomic mass is 10.4. The van der Waals surface area contributed by atoms with Crippen molar-refractivity contribution in [3.63, 3.8) is 0 Å². The van der Waals surface area contributed by atoms with E-state index in [2.05, 4.69) is 15.3 Å². The zero-order valence-electron chi connectivity index (χ0n) is 10.8. The van der Waals surface area contributed by atoms with E-state index in [-0.39, 0.29) is 12.4 Å². The Labute approximate surface area is 121 Å². The van der Waals surface area contributed by atoms with Crippen LogP contribution < -0.4 is 0 Å². The van der Waals surface area contributed by atoms with Crippen molar-refractivity contribution in [1.29, 1.82) is 0 Å². The molecule has 0 radical (unpaired) electrons. The Hall–Kier alpha value is -2.16. The zero-order chi connectivity index (χ0) is 15.0. The van der Waals surface area contributed by atoms with Crippen LogP contribution in [-0.4, -0.2) is 20.0 Å². The highest BCUT2D eigenvalue weighted by Gasteiger charge is 2.34. The molecule has 3 heterocycles. The molecule has 0 saturated heterocycles. The second-order valence-electron chi connectivity index (χ2n) is 4.30. The molecule has 0 aliphatic rings. The molecule has 0 aliphatic heterocycles. The van der Waals surface area contributed by atoms with E-state index in [0.717, 1.165) is 10.9 Å². The van der Waals surface area contributed by atoms with Crippen LogP contribution in [0.4, 0.5) is 13.2 Å². The van der Waals surface area contributed by atoms with E-state index in [4.69, 9.17) is 4.42 Å². The van der Waals surface area contributed by atoms with Gasteiger partial charge in [-0.15, -0.1) is 21.5 Å². The first kappa shape index (κ1) is 13.8. The van der Waals surface area contributed by atoms with Crippen LogP contribution in [0.25, 0.3) is 10.8 Å². The van der Waals surface area contributed by atoms with Crippen LogP contribution >= 0.6 is 11.3 Å². The smallest absolute Gasteiger partial charge is 0.418 e. The van der Waals surface area contributed by atoms with Crippen LogP contribution in [0, 0.1) is 6.92 Å². The van der Waals surface area contributed by atoms with Crippen LogP contribution in [0.5, 0.6) is 0 Å². The molecular weight excluding hydrogens is 305 g/mol. The molecule has 0 fully saturated rings. The highest BCUT2D eigenvalue weighted by Crippen LogP contribution is 2.29. The number of hydrogen-bond donors (Lipinski definition) is 0. The fourth-order valence-electron chi connectivity index (χ4n) is 1.75. The molecule has 0 bridgehead atoms. The van der Waals surface area contributed by atoms with Gasteiger partial charge in [0.25, 0.3) is 5.89 Å². The van der Waals surface area contributed by atoms with Crippen molar-refractivity contribution in [2.24, 2.45) is 0 Å². The molecule has 3 aromatic heterocycles. The van der Waals surface area contributed by atoms with Gasteiger partial charge >= 0.3 is 6.18 Å². The van der Waals surface area contributed by atoms with Crippen molar-refractivity contribution < 1.29 is 17.6 Å². The molecule has 5 nitrogen and oxygen atoms in total. The summed E-state index contributed by atoms with van der Waals surface area (Å²) in [5.41, 5.74) is -0.559. The standard InChI is InChI=1S/C12H9F3N4OS/c1-7-5-9(12(13,14)15)18-19(7)6-10-16-17-11(20-10)8-3-2-4-21-8/h2-5H,6H2,1H3. The summed E-state index contributed by atoms with van der Waals surface area (Å²) in [6, 6.07) is 4.65. The van der Waals surface area contributed by atoms with Crippen molar-refractivity contribution in [3.8, 4) is 10.8 Å². The third-order valence-electron chi connectivity index (χ3n) is 2.76. The molecule has 0 atom stereocenters. The van der Waals surface area contributed by atoms with Gasteiger partial charge in [-0.05, 0) is 24.4 Å². The van der Waals surface area contributed by atoms with E-state index in [1.54, 1.807) is 6.92 Å². The minimum Gasteiger partial charge on any atom is -0.418 e. The van der Waals surface area contributed by atoms with Crippen LogP contribution in [0.2, 0.25) is 0 Å². The third-order valence-corrected chi connectivity index (χ3v) is 3.61. The molecule has 0 aromatic carbocycles. The summed E-state index contributed by atoms with van der Waals surface area (Å²) >= 11 is 1.44. The van der Waals surface area contributed by atoms with Crippen LogP contribution in [0.3, 0.4) is 0 Å². The summed E-state index contributed by atoms with van der Waals surface area (Å²) in [5, 5.41) is 13.1. The number of thiophene rings is 1. The van der Waals surface area contributed by atoms with Gasteiger partial charge in [0.1, 0.15) is 6.54 Å². The molecule has 0 N–H and O–H groups in total. The first-order valence-electron chi connectivity index (χ1n) is 5.91. The predicted octanol–water partition coefficient (Wildman–Crippen LogP) is 3.37. The van der Waals surface area contributed by atoms with Crippen molar-refractivity contribution >= 4 is 11.3 Å². The zero-order valence-corrected chi connectivity index (χ0v) is 11.6. The Morgan fingerprint density at radius 3 is 2.76 bits per heavy atom. The van der Waals surface area contributed by atoms with E-state index in [9.17, 15) is 13.2 Å². The maximum Gasteiger partial charge on any atom is 0.435 e. The van der Waals surface area contributed by atoms with Crippen molar-refractivity contribution in [3.05, 3.63) is 40.9 Å². The summed E-state index contributed by atoms with van der Waals surface area (Å²) in [7, 11) is 0. The molecule has 21 heavy (non-hydrogen) atoms. The summed E-state index contributed by atoms with van der Waals surface area (Å²) in [6.45, 7) is 1.54. The number of nitrogens with zero attached hydrogens (tertiary/aromatic N) is 4. The molecule has 3 aromatic rings. The Bertz CT molecular complexity index is 745. The molecule has 110 valence electrons. The second-order valence-corrected chi connectivity index (χ2v) is 5.25. The Morgan fingerprint density at radius 1 is 1.33 bits per heavy atom. The van der Waals surface area contributed by atoms with Gasteiger partial charge in [0.2, 0.25) is 5.89 Å². The van der Waals surface area contributed by atoms with Crippen LogP contribution in [-0.2, 0) is 12.7 Å². The maximum absolute atomic E-state index is 12.6. The summed E-state index contributed by atoms with van der Waals surface area (Å²) in [4.78, 5) is 0.807. The highest BCUT2D eigenvalue weighted by molar-refractivity contribution is 7.13. The Morgan fingerprint density at radius 2 is 2.14 bits per heavy atom. The summed E-state index contributed by atoms with van der Waals surface area (Å²) in [5.74, 6) is 0.555. The largest absolute Gasteiger partial charge is 0.435 e. The Balaban J connectivity index is 1.83. The minimum atomic E-state index is -4.47. The first-order chi connectivity index (χ1) is 9.93. The fraction of sp³-hybridized carbons (Fsp3) is 0.250. The van der Waals surface area contributed by atoms with Gasteiger partial charge in [-0.1, -0.05) is 6.07 Å². The van der Waals surface area contributed by atoms with Crippen molar-refractivity contribution in [2.45, 2.75) is 19.6 Å². The SMILES string of the molecule is Cc1cc(C(F)(F)F)nn1Cc1nnc(-c2cccs2)o1. The molecule has 0 amide bonds. The monoisotopic (exact) mass is 314 g/mol.